The quantitative estimate of drug-likeness (QED) is 0.761. The van der Waals surface area contributed by atoms with Crippen LogP contribution in [0.1, 0.15) is 15.9 Å². The van der Waals surface area contributed by atoms with E-state index >= 15 is 0 Å². The van der Waals surface area contributed by atoms with Crippen molar-refractivity contribution in [3.05, 3.63) is 69.2 Å². The Labute approximate surface area is 114 Å². The number of hydrogen-bond acceptors (Lipinski definition) is 1. The summed E-state index contributed by atoms with van der Waals surface area (Å²) in [6.45, 7) is 0. The SMILES string of the molecule is O=C(Cc1ccc(Cl)cc1)c1cccc(Br)c1. The van der Waals surface area contributed by atoms with Crippen molar-refractivity contribution in [1.82, 2.24) is 0 Å². The molecule has 2 aromatic carbocycles. The Morgan fingerprint density at radius 1 is 1.12 bits per heavy atom. The maximum absolute atomic E-state index is 12.0. The highest BCUT2D eigenvalue weighted by Gasteiger charge is 2.07. The molecule has 17 heavy (non-hydrogen) atoms. The molecule has 0 saturated heterocycles. The van der Waals surface area contributed by atoms with Gasteiger partial charge in [-0.1, -0.05) is 51.8 Å². The van der Waals surface area contributed by atoms with Crippen molar-refractivity contribution in [2.45, 2.75) is 6.42 Å². The fraction of sp³-hybridized carbons (Fsp3) is 0.0714. The number of rotatable bonds is 3. The lowest BCUT2D eigenvalue weighted by Gasteiger charge is -2.02. The lowest BCUT2D eigenvalue weighted by Crippen LogP contribution is -2.03. The van der Waals surface area contributed by atoms with E-state index in [1.54, 1.807) is 12.1 Å². The number of halogens is 2. The zero-order valence-electron chi connectivity index (χ0n) is 8.99. The Morgan fingerprint density at radius 2 is 1.82 bits per heavy atom. The number of ketones is 1. The summed E-state index contributed by atoms with van der Waals surface area (Å²) in [5.41, 5.74) is 1.69. The zero-order chi connectivity index (χ0) is 12.3. The molecular formula is C14H10BrClO. The van der Waals surface area contributed by atoms with Crippen LogP contribution >= 0.6 is 27.5 Å². The van der Waals surface area contributed by atoms with Gasteiger partial charge in [-0.25, -0.2) is 0 Å². The molecule has 0 aliphatic heterocycles. The fourth-order valence-corrected chi connectivity index (χ4v) is 2.08. The van der Waals surface area contributed by atoms with Crippen molar-refractivity contribution in [1.29, 1.82) is 0 Å². The van der Waals surface area contributed by atoms with E-state index in [-0.39, 0.29) is 5.78 Å². The number of hydrogen-bond donors (Lipinski definition) is 0. The summed E-state index contributed by atoms with van der Waals surface area (Å²) < 4.78 is 0.916. The molecule has 0 spiro atoms. The topological polar surface area (TPSA) is 17.1 Å². The summed E-state index contributed by atoms with van der Waals surface area (Å²) in [6, 6.07) is 14.8. The number of carbonyl (C=O) groups excluding carboxylic acids is 1. The molecule has 2 rings (SSSR count). The van der Waals surface area contributed by atoms with E-state index in [1.807, 2.05) is 36.4 Å². The van der Waals surface area contributed by atoms with Crippen molar-refractivity contribution < 1.29 is 4.79 Å². The lowest BCUT2D eigenvalue weighted by molar-refractivity contribution is 0.0993. The van der Waals surface area contributed by atoms with Gasteiger partial charge >= 0.3 is 0 Å². The maximum atomic E-state index is 12.0. The van der Waals surface area contributed by atoms with Crippen molar-refractivity contribution in [3.8, 4) is 0 Å². The predicted molar refractivity (Wildman–Crippen MR) is 73.6 cm³/mol. The lowest BCUT2D eigenvalue weighted by atomic mass is 10.0. The molecule has 0 fully saturated rings. The first kappa shape index (κ1) is 12.3. The van der Waals surface area contributed by atoms with Crippen LogP contribution in [0.2, 0.25) is 5.02 Å². The molecule has 0 bridgehead atoms. The van der Waals surface area contributed by atoms with Gasteiger partial charge in [-0.05, 0) is 29.8 Å². The normalized spacial score (nSPS) is 10.2. The van der Waals surface area contributed by atoms with Crippen LogP contribution in [0, 0.1) is 0 Å². The standard InChI is InChI=1S/C14H10BrClO/c15-12-3-1-2-11(9-12)14(17)8-10-4-6-13(16)7-5-10/h1-7,9H,8H2. The molecule has 86 valence electrons. The van der Waals surface area contributed by atoms with E-state index in [4.69, 9.17) is 11.6 Å². The Kier molecular flexibility index (Phi) is 3.97. The molecule has 0 N–H and O–H groups in total. The van der Waals surface area contributed by atoms with E-state index in [9.17, 15) is 4.79 Å². The van der Waals surface area contributed by atoms with Gasteiger partial charge in [0.2, 0.25) is 0 Å². The van der Waals surface area contributed by atoms with E-state index in [0.29, 0.717) is 17.0 Å². The molecule has 0 aliphatic carbocycles. The van der Waals surface area contributed by atoms with Crippen LogP contribution in [0.15, 0.2) is 53.0 Å². The first-order valence-electron chi connectivity index (χ1n) is 5.18. The Hall–Kier alpha value is -1.12. The third-order valence-electron chi connectivity index (χ3n) is 2.42. The molecule has 0 aromatic heterocycles. The van der Waals surface area contributed by atoms with Crippen LogP contribution in [0.25, 0.3) is 0 Å². The second-order valence-electron chi connectivity index (χ2n) is 3.74. The Morgan fingerprint density at radius 3 is 2.47 bits per heavy atom. The number of benzene rings is 2. The van der Waals surface area contributed by atoms with Gasteiger partial charge < -0.3 is 0 Å². The van der Waals surface area contributed by atoms with Crippen LogP contribution in [0.3, 0.4) is 0 Å². The van der Waals surface area contributed by atoms with Crippen molar-refractivity contribution >= 4 is 33.3 Å². The second-order valence-corrected chi connectivity index (χ2v) is 5.09. The first-order valence-corrected chi connectivity index (χ1v) is 6.35. The zero-order valence-corrected chi connectivity index (χ0v) is 11.3. The molecule has 0 aliphatic rings. The smallest absolute Gasteiger partial charge is 0.167 e. The molecule has 0 amide bonds. The summed E-state index contributed by atoms with van der Waals surface area (Å²) in [6.07, 6.45) is 0.396. The van der Waals surface area contributed by atoms with Gasteiger partial charge in [0.15, 0.2) is 5.78 Å². The van der Waals surface area contributed by atoms with Crippen LogP contribution in [0.5, 0.6) is 0 Å². The van der Waals surface area contributed by atoms with Gasteiger partial charge in [0.25, 0.3) is 0 Å². The molecule has 2 aromatic rings. The molecule has 0 atom stereocenters. The van der Waals surface area contributed by atoms with Gasteiger partial charge in [0, 0.05) is 21.5 Å². The Bertz CT molecular complexity index is 534. The van der Waals surface area contributed by atoms with Crippen molar-refractivity contribution in [2.75, 3.05) is 0 Å². The minimum absolute atomic E-state index is 0.105. The van der Waals surface area contributed by atoms with E-state index in [2.05, 4.69) is 15.9 Å². The predicted octanol–water partition coefficient (Wildman–Crippen LogP) is 4.53. The second kappa shape index (κ2) is 5.48. The average molecular weight is 310 g/mol. The van der Waals surface area contributed by atoms with Crippen molar-refractivity contribution in [3.63, 3.8) is 0 Å². The van der Waals surface area contributed by atoms with Gasteiger partial charge in [0.1, 0.15) is 0 Å². The highest BCUT2D eigenvalue weighted by atomic mass is 79.9. The Balaban J connectivity index is 2.14. The maximum Gasteiger partial charge on any atom is 0.167 e. The third kappa shape index (κ3) is 3.42. The average Bonchev–Trinajstić information content (AvgIpc) is 2.32. The van der Waals surface area contributed by atoms with Crippen LogP contribution in [-0.2, 0) is 6.42 Å². The third-order valence-corrected chi connectivity index (χ3v) is 3.17. The van der Waals surface area contributed by atoms with Crippen LogP contribution in [0.4, 0.5) is 0 Å². The summed E-state index contributed by atoms with van der Waals surface area (Å²) in [4.78, 5) is 12.0. The number of carbonyl (C=O) groups is 1. The van der Waals surface area contributed by atoms with E-state index in [0.717, 1.165) is 10.0 Å². The highest BCUT2D eigenvalue weighted by molar-refractivity contribution is 9.10. The van der Waals surface area contributed by atoms with Gasteiger partial charge in [-0.3, -0.25) is 4.79 Å². The molecule has 3 heteroatoms. The minimum Gasteiger partial charge on any atom is -0.294 e. The molecule has 0 saturated carbocycles. The molecule has 1 nitrogen and oxygen atoms in total. The summed E-state index contributed by atoms with van der Waals surface area (Å²) in [5, 5.41) is 0.684. The first-order chi connectivity index (χ1) is 8.15. The summed E-state index contributed by atoms with van der Waals surface area (Å²) in [7, 11) is 0. The highest BCUT2D eigenvalue weighted by Crippen LogP contribution is 2.15. The van der Waals surface area contributed by atoms with E-state index < -0.39 is 0 Å². The van der Waals surface area contributed by atoms with E-state index in [1.165, 1.54) is 0 Å². The molecule has 0 radical (unpaired) electrons. The van der Waals surface area contributed by atoms with Crippen molar-refractivity contribution in [2.24, 2.45) is 0 Å². The van der Waals surface area contributed by atoms with Crippen LogP contribution < -0.4 is 0 Å². The summed E-state index contributed by atoms with van der Waals surface area (Å²) >= 11 is 9.15. The monoisotopic (exact) mass is 308 g/mol. The fourth-order valence-electron chi connectivity index (χ4n) is 1.55. The summed E-state index contributed by atoms with van der Waals surface area (Å²) in [5.74, 6) is 0.105. The molecule has 0 unspecified atom stereocenters. The van der Waals surface area contributed by atoms with Gasteiger partial charge in [0.05, 0.1) is 0 Å². The number of Topliss-reactive ketones (excluding diaryl/α,β-unsaturated/α-hetero) is 1. The van der Waals surface area contributed by atoms with Gasteiger partial charge in [-0.15, -0.1) is 0 Å². The van der Waals surface area contributed by atoms with Crippen LogP contribution in [-0.4, -0.2) is 5.78 Å². The minimum atomic E-state index is 0.105. The largest absolute Gasteiger partial charge is 0.294 e. The molecule has 0 heterocycles. The van der Waals surface area contributed by atoms with Gasteiger partial charge in [-0.2, -0.15) is 0 Å². The molecular weight excluding hydrogens is 300 g/mol.